The molecule has 1 atom stereocenters. The van der Waals surface area contributed by atoms with Crippen molar-refractivity contribution in [1.29, 1.82) is 0 Å². The van der Waals surface area contributed by atoms with E-state index in [1.165, 1.54) is 11.0 Å². The molecule has 1 fully saturated rings. The number of halogens is 1. The van der Waals surface area contributed by atoms with Crippen molar-refractivity contribution in [3.05, 3.63) is 35.6 Å². The summed E-state index contributed by atoms with van der Waals surface area (Å²) in [6, 6.07) is 6.10. The molecular formula is C16H22FN3O3. The Kier molecular flexibility index (Phi) is 6.06. The van der Waals surface area contributed by atoms with Gasteiger partial charge in [0.05, 0.1) is 25.7 Å². The zero-order valence-corrected chi connectivity index (χ0v) is 13.2. The van der Waals surface area contributed by atoms with E-state index < -0.39 is 11.7 Å². The Morgan fingerprint density at radius 1 is 1.43 bits per heavy atom. The summed E-state index contributed by atoms with van der Waals surface area (Å²) in [4.78, 5) is 27.1. The molecule has 2 N–H and O–H groups in total. The van der Waals surface area contributed by atoms with Gasteiger partial charge in [-0.3, -0.25) is 9.59 Å². The second kappa shape index (κ2) is 8.03. The molecule has 0 saturated carbocycles. The fourth-order valence-corrected chi connectivity index (χ4v) is 2.58. The number of hydrogen-bond acceptors (Lipinski definition) is 4. The summed E-state index contributed by atoms with van der Waals surface area (Å²) in [5.74, 6) is -1.38. The van der Waals surface area contributed by atoms with Crippen LogP contribution in [0.1, 0.15) is 5.56 Å². The number of carbonyl (C=O) groups excluding carboxylic acids is 2. The highest BCUT2D eigenvalue weighted by Crippen LogP contribution is 2.11. The van der Waals surface area contributed by atoms with Crippen LogP contribution in [0, 0.1) is 5.82 Å². The molecule has 1 aliphatic heterocycles. The fourth-order valence-electron chi connectivity index (χ4n) is 2.58. The van der Waals surface area contributed by atoms with Gasteiger partial charge >= 0.3 is 0 Å². The Balaban J connectivity index is 2.03. The van der Waals surface area contributed by atoms with Crippen molar-refractivity contribution in [2.24, 2.45) is 5.73 Å². The average Bonchev–Trinajstić information content (AvgIpc) is 2.48. The summed E-state index contributed by atoms with van der Waals surface area (Å²) in [5, 5.41) is 0. The monoisotopic (exact) mass is 323 g/mol. The van der Waals surface area contributed by atoms with Crippen molar-refractivity contribution < 1.29 is 18.7 Å². The summed E-state index contributed by atoms with van der Waals surface area (Å²) in [7, 11) is 1.97. The third-order valence-electron chi connectivity index (χ3n) is 3.76. The zero-order chi connectivity index (χ0) is 16.8. The minimum atomic E-state index is -0.601. The predicted octanol–water partition coefficient (Wildman–Crippen LogP) is 0.0127. The number of rotatable bonds is 6. The van der Waals surface area contributed by atoms with E-state index in [1.807, 2.05) is 7.05 Å². The Hall–Kier alpha value is -1.99. The number of benzene rings is 1. The molecule has 0 radical (unpaired) electrons. The highest BCUT2D eigenvalue weighted by Gasteiger charge is 2.25. The molecule has 1 aromatic carbocycles. The molecule has 23 heavy (non-hydrogen) atoms. The molecule has 0 aromatic heterocycles. The molecule has 1 aromatic rings. The largest absolute Gasteiger partial charge is 0.374 e. The molecule has 1 aliphatic rings. The van der Waals surface area contributed by atoms with Crippen molar-refractivity contribution in [3.8, 4) is 0 Å². The van der Waals surface area contributed by atoms with Gasteiger partial charge in [0.1, 0.15) is 5.82 Å². The number of nitrogens with zero attached hydrogens (tertiary/aromatic N) is 2. The Morgan fingerprint density at radius 2 is 2.17 bits per heavy atom. The lowest BCUT2D eigenvalue weighted by atomic mass is 10.1. The van der Waals surface area contributed by atoms with Crippen molar-refractivity contribution in [3.63, 3.8) is 0 Å². The predicted molar refractivity (Wildman–Crippen MR) is 83.1 cm³/mol. The van der Waals surface area contributed by atoms with Gasteiger partial charge in [-0.2, -0.15) is 0 Å². The lowest BCUT2D eigenvalue weighted by molar-refractivity contribution is -0.137. The van der Waals surface area contributed by atoms with E-state index in [9.17, 15) is 14.0 Å². The Bertz CT molecular complexity index is 567. The minimum Gasteiger partial charge on any atom is -0.374 e. The van der Waals surface area contributed by atoms with Gasteiger partial charge in [-0.05, 0) is 18.7 Å². The molecular weight excluding hydrogens is 301 g/mol. The Morgan fingerprint density at radius 3 is 2.83 bits per heavy atom. The SMILES string of the molecule is CN1CCO[C@H](CN(CC(N)=O)C(=O)Cc2ccccc2F)C1. The highest BCUT2D eigenvalue weighted by molar-refractivity contribution is 5.85. The number of amides is 2. The van der Waals surface area contributed by atoms with Gasteiger partial charge in [-0.25, -0.2) is 4.39 Å². The molecule has 7 heteroatoms. The smallest absolute Gasteiger partial charge is 0.237 e. The molecule has 1 saturated heterocycles. The van der Waals surface area contributed by atoms with Crippen LogP contribution in [0.4, 0.5) is 4.39 Å². The van der Waals surface area contributed by atoms with Gasteiger partial charge in [0.25, 0.3) is 0 Å². The first kappa shape index (κ1) is 17.4. The number of primary amides is 1. The van der Waals surface area contributed by atoms with Gasteiger partial charge in [0.2, 0.25) is 11.8 Å². The first-order valence-electron chi connectivity index (χ1n) is 7.55. The molecule has 0 bridgehead atoms. The third kappa shape index (κ3) is 5.30. The van der Waals surface area contributed by atoms with Crippen LogP contribution in [0.3, 0.4) is 0 Å². The van der Waals surface area contributed by atoms with E-state index in [0.717, 1.165) is 6.54 Å². The molecule has 6 nitrogen and oxygen atoms in total. The Labute approximate surface area is 135 Å². The molecule has 0 aliphatic carbocycles. The first-order valence-corrected chi connectivity index (χ1v) is 7.55. The van der Waals surface area contributed by atoms with E-state index in [4.69, 9.17) is 10.5 Å². The second-order valence-corrected chi connectivity index (χ2v) is 5.76. The molecule has 126 valence electrons. The maximum Gasteiger partial charge on any atom is 0.237 e. The number of hydrogen-bond donors (Lipinski definition) is 1. The minimum absolute atomic E-state index is 0.109. The van der Waals surface area contributed by atoms with Gasteiger partial charge in [0, 0.05) is 19.6 Å². The number of carbonyl (C=O) groups is 2. The maximum atomic E-state index is 13.7. The molecule has 0 spiro atoms. The van der Waals surface area contributed by atoms with Gasteiger partial charge in [-0.1, -0.05) is 18.2 Å². The number of nitrogens with two attached hydrogens (primary N) is 1. The molecule has 2 amide bonds. The van der Waals surface area contributed by atoms with Crippen molar-refractivity contribution >= 4 is 11.8 Å². The van der Waals surface area contributed by atoms with Crippen LogP contribution in [-0.4, -0.2) is 67.6 Å². The van der Waals surface area contributed by atoms with Crippen LogP contribution in [-0.2, 0) is 20.7 Å². The van der Waals surface area contributed by atoms with Crippen molar-refractivity contribution in [2.45, 2.75) is 12.5 Å². The van der Waals surface area contributed by atoms with E-state index >= 15 is 0 Å². The lowest BCUT2D eigenvalue weighted by Gasteiger charge is -2.33. The maximum absolute atomic E-state index is 13.7. The van der Waals surface area contributed by atoms with Crippen molar-refractivity contribution in [2.75, 3.05) is 39.8 Å². The topological polar surface area (TPSA) is 75.9 Å². The first-order chi connectivity index (χ1) is 11.0. The van der Waals surface area contributed by atoms with Crippen LogP contribution in [0.5, 0.6) is 0 Å². The summed E-state index contributed by atoms with van der Waals surface area (Å²) in [5.41, 5.74) is 5.53. The fraction of sp³-hybridized carbons (Fsp3) is 0.500. The normalized spacial score (nSPS) is 18.6. The summed E-state index contributed by atoms with van der Waals surface area (Å²) < 4.78 is 19.3. The standard InChI is InChI=1S/C16H22FN3O3/c1-19-6-7-23-13(9-19)10-20(11-15(18)21)16(22)8-12-4-2-3-5-14(12)17/h2-5,13H,6-11H2,1H3,(H2,18,21)/t13-/m0/s1. The van der Waals surface area contributed by atoms with Crippen LogP contribution < -0.4 is 5.73 Å². The molecule has 1 heterocycles. The van der Waals surface area contributed by atoms with E-state index in [1.54, 1.807) is 18.2 Å². The average molecular weight is 323 g/mol. The molecule has 0 unspecified atom stereocenters. The van der Waals surface area contributed by atoms with Gasteiger partial charge in [0.15, 0.2) is 0 Å². The van der Waals surface area contributed by atoms with Gasteiger partial charge < -0.3 is 20.3 Å². The summed E-state index contributed by atoms with van der Waals surface area (Å²) in [6.07, 6.45) is -0.291. The zero-order valence-electron chi connectivity index (χ0n) is 13.2. The van der Waals surface area contributed by atoms with Crippen molar-refractivity contribution in [1.82, 2.24) is 9.80 Å². The quantitative estimate of drug-likeness (QED) is 0.800. The second-order valence-electron chi connectivity index (χ2n) is 5.76. The third-order valence-corrected chi connectivity index (χ3v) is 3.76. The van der Waals surface area contributed by atoms with Crippen LogP contribution >= 0.6 is 0 Å². The summed E-state index contributed by atoms with van der Waals surface area (Å²) in [6.45, 7) is 2.14. The van der Waals surface area contributed by atoms with Gasteiger partial charge in [-0.15, -0.1) is 0 Å². The lowest BCUT2D eigenvalue weighted by Crippen LogP contribution is -2.49. The van der Waals surface area contributed by atoms with Crippen LogP contribution in [0.15, 0.2) is 24.3 Å². The van der Waals surface area contributed by atoms with E-state index in [2.05, 4.69) is 4.90 Å². The summed E-state index contributed by atoms with van der Waals surface area (Å²) >= 11 is 0. The van der Waals surface area contributed by atoms with E-state index in [-0.39, 0.29) is 31.5 Å². The number of likely N-dealkylation sites (N-methyl/N-ethyl adjacent to an activating group) is 1. The number of morpholine rings is 1. The molecule has 2 rings (SSSR count). The van der Waals surface area contributed by atoms with Crippen LogP contribution in [0.25, 0.3) is 0 Å². The van der Waals surface area contributed by atoms with E-state index in [0.29, 0.717) is 18.7 Å². The van der Waals surface area contributed by atoms with Crippen LogP contribution in [0.2, 0.25) is 0 Å². The highest BCUT2D eigenvalue weighted by atomic mass is 19.1. The number of ether oxygens (including phenoxy) is 1.